The van der Waals surface area contributed by atoms with Gasteiger partial charge in [-0.3, -0.25) is 14.9 Å². The highest BCUT2D eigenvalue weighted by atomic mass is 35.5. The lowest BCUT2D eigenvalue weighted by molar-refractivity contribution is -0.383. The Morgan fingerprint density at radius 3 is 2.81 bits per heavy atom. The highest BCUT2D eigenvalue weighted by Gasteiger charge is 2.38. The molecule has 1 heterocycles. The first kappa shape index (κ1) is 15.5. The predicted octanol–water partition coefficient (Wildman–Crippen LogP) is 2.13. The second-order valence-electron chi connectivity index (χ2n) is 5.28. The Bertz CT molecular complexity index is 607. The number of rotatable bonds is 3. The summed E-state index contributed by atoms with van der Waals surface area (Å²) in [4.78, 5) is 22.6. The number of anilines is 1. The summed E-state index contributed by atoms with van der Waals surface area (Å²) in [5.74, 6) is -0.445. The number of nitrogens with zero attached hydrogens (tertiary/aromatic N) is 1. The van der Waals surface area contributed by atoms with Gasteiger partial charge in [0.15, 0.2) is 0 Å². The molecular formula is C13H16ClN3O4. The molecule has 0 spiro atoms. The minimum absolute atomic E-state index is 0.0183. The van der Waals surface area contributed by atoms with Gasteiger partial charge in [0, 0.05) is 18.2 Å². The molecule has 114 valence electrons. The number of hydrogen-bond acceptors (Lipinski definition) is 5. The second kappa shape index (κ2) is 5.50. The number of nitrogen functional groups attached to an aromatic ring is 1. The molecule has 2 unspecified atom stereocenters. The van der Waals surface area contributed by atoms with Crippen LogP contribution >= 0.6 is 11.6 Å². The summed E-state index contributed by atoms with van der Waals surface area (Å²) in [6, 6.07) is 2.45. The van der Waals surface area contributed by atoms with E-state index in [0.717, 1.165) is 6.07 Å². The fourth-order valence-corrected chi connectivity index (χ4v) is 2.43. The van der Waals surface area contributed by atoms with E-state index in [0.29, 0.717) is 13.0 Å². The van der Waals surface area contributed by atoms with Crippen LogP contribution in [-0.2, 0) is 4.74 Å². The number of nitro groups is 1. The second-order valence-corrected chi connectivity index (χ2v) is 5.69. The Balaban J connectivity index is 2.30. The Kier molecular flexibility index (Phi) is 4.06. The zero-order valence-corrected chi connectivity index (χ0v) is 12.4. The number of carbonyl (C=O) groups is 1. The lowest BCUT2D eigenvalue weighted by Gasteiger charge is -2.28. The van der Waals surface area contributed by atoms with Crippen molar-refractivity contribution in [1.29, 1.82) is 0 Å². The summed E-state index contributed by atoms with van der Waals surface area (Å²) in [5.41, 5.74) is 4.59. The maximum Gasteiger partial charge on any atom is 0.294 e. The predicted molar refractivity (Wildman–Crippen MR) is 78.4 cm³/mol. The molecule has 0 aliphatic carbocycles. The van der Waals surface area contributed by atoms with Gasteiger partial charge in [0.1, 0.15) is 5.69 Å². The van der Waals surface area contributed by atoms with Crippen LogP contribution in [0.1, 0.15) is 30.6 Å². The van der Waals surface area contributed by atoms with E-state index in [1.165, 1.54) is 6.07 Å². The number of halogens is 1. The van der Waals surface area contributed by atoms with Crippen molar-refractivity contribution in [2.45, 2.75) is 31.9 Å². The van der Waals surface area contributed by atoms with E-state index in [1.54, 1.807) is 0 Å². The van der Waals surface area contributed by atoms with Gasteiger partial charge in [0.05, 0.1) is 21.6 Å². The molecular weight excluding hydrogens is 298 g/mol. The summed E-state index contributed by atoms with van der Waals surface area (Å²) in [5, 5.41) is 13.8. The van der Waals surface area contributed by atoms with Gasteiger partial charge in [0.2, 0.25) is 0 Å². The van der Waals surface area contributed by atoms with E-state index in [1.807, 2.05) is 13.8 Å². The average Bonchev–Trinajstić information content (AvgIpc) is 2.71. The zero-order valence-electron chi connectivity index (χ0n) is 11.7. The van der Waals surface area contributed by atoms with Crippen LogP contribution < -0.4 is 11.1 Å². The zero-order chi connectivity index (χ0) is 15.8. The number of hydrogen-bond donors (Lipinski definition) is 2. The highest BCUT2D eigenvalue weighted by Crippen LogP contribution is 2.31. The van der Waals surface area contributed by atoms with Crippen molar-refractivity contribution < 1.29 is 14.5 Å². The monoisotopic (exact) mass is 313 g/mol. The van der Waals surface area contributed by atoms with Crippen LogP contribution in [0.2, 0.25) is 5.02 Å². The summed E-state index contributed by atoms with van der Waals surface area (Å²) < 4.78 is 5.44. The molecule has 1 aromatic rings. The van der Waals surface area contributed by atoms with E-state index in [2.05, 4.69) is 5.32 Å². The standard InChI is InChI=1S/C13H16ClN3O4/c1-7-13(2,3-4-21-7)16-12(18)8-5-9(14)11(15)10(6-8)17(19)20/h5-7H,3-4,15H2,1-2H3,(H,16,18). The van der Waals surface area contributed by atoms with Crippen molar-refractivity contribution in [3.05, 3.63) is 32.8 Å². The van der Waals surface area contributed by atoms with Gasteiger partial charge in [-0.15, -0.1) is 0 Å². The third-order valence-corrected chi connectivity index (χ3v) is 4.16. The van der Waals surface area contributed by atoms with Gasteiger partial charge in [-0.1, -0.05) is 11.6 Å². The quantitative estimate of drug-likeness (QED) is 0.505. The molecule has 8 heteroatoms. The molecule has 2 atom stereocenters. The Hall–Kier alpha value is -1.86. The molecule has 1 saturated heterocycles. The third kappa shape index (κ3) is 2.93. The number of nitrogens with one attached hydrogen (secondary N) is 1. The van der Waals surface area contributed by atoms with Gasteiger partial charge < -0.3 is 15.8 Å². The van der Waals surface area contributed by atoms with Crippen molar-refractivity contribution >= 4 is 28.9 Å². The van der Waals surface area contributed by atoms with Crippen LogP contribution in [0.3, 0.4) is 0 Å². The van der Waals surface area contributed by atoms with Crippen LogP contribution in [0.15, 0.2) is 12.1 Å². The van der Waals surface area contributed by atoms with E-state index in [-0.39, 0.29) is 28.1 Å². The van der Waals surface area contributed by atoms with Crippen molar-refractivity contribution in [3.63, 3.8) is 0 Å². The normalized spacial score (nSPS) is 24.8. The van der Waals surface area contributed by atoms with Crippen LogP contribution in [0, 0.1) is 10.1 Å². The topological polar surface area (TPSA) is 107 Å². The maximum atomic E-state index is 12.3. The first-order chi connectivity index (χ1) is 9.74. The Labute approximate surface area is 126 Å². The molecule has 0 radical (unpaired) electrons. The first-order valence-electron chi connectivity index (χ1n) is 6.42. The smallest absolute Gasteiger partial charge is 0.294 e. The lowest BCUT2D eigenvalue weighted by Crippen LogP contribution is -2.50. The van der Waals surface area contributed by atoms with Crippen LogP contribution in [-0.4, -0.2) is 29.1 Å². The number of amides is 1. The number of benzene rings is 1. The third-order valence-electron chi connectivity index (χ3n) is 3.85. The van der Waals surface area contributed by atoms with Gasteiger partial charge in [-0.05, 0) is 26.3 Å². The minimum Gasteiger partial charge on any atom is -0.392 e. The van der Waals surface area contributed by atoms with E-state index in [9.17, 15) is 14.9 Å². The summed E-state index contributed by atoms with van der Waals surface area (Å²) >= 11 is 5.85. The SMILES string of the molecule is CC1OCCC1(C)NC(=O)c1cc(Cl)c(N)c([N+](=O)[O-])c1. The molecule has 21 heavy (non-hydrogen) atoms. The van der Waals surface area contributed by atoms with Gasteiger partial charge >= 0.3 is 0 Å². The Morgan fingerprint density at radius 1 is 1.62 bits per heavy atom. The number of nitro benzene ring substituents is 1. The number of nitrogens with two attached hydrogens (primary N) is 1. The molecule has 1 fully saturated rings. The number of ether oxygens (including phenoxy) is 1. The fraction of sp³-hybridized carbons (Fsp3) is 0.462. The molecule has 1 aliphatic heterocycles. The number of carbonyl (C=O) groups excluding carboxylic acids is 1. The molecule has 1 aliphatic rings. The summed E-state index contributed by atoms with van der Waals surface area (Å²) in [7, 11) is 0. The molecule has 2 rings (SSSR count). The Morgan fingerprint density at radius 2 is 2.29 bits per heavy atom. The van der Waals surface area contributed by atoms with Gasteiger partial charge in [-0.25, -0.2) is 0 Å². The molecule has 7 nitrogen and oxygen atoms in total. The van der Waals surface area contributed by atoms with Crippen molar-refractivity contribution in [3.8, 4) is 0 Å². The van der Waals surface area contributed by atoms with Crippen molar-refractivity contribution in [2.24, 2.45) is 0 Å². The molecule has 0 saturated carbocycles. The summed E-state index contributed by atoms with van der Waals surface area (Å²) in [6.07, 6.45) is 0.533. The van der Waals surface area contributed by atoms with Crippen molar-refractivity contribution in [1.82, 2.24) is 5.32 Å². The van der Waals surface area contributed by atoms with Crippen LogP contribution in [0.5, 0.6) is 0 Å². The van der Waals surface area contributed by atoms with Crippen LogP contribution in [0.4, 0.5) is 11.4 Å². The maximum absolute atomic E-state index is 12.3. The molecule has 1 aromatic carbocycles. The van der Waals surface area contributed by atoms with Crippen LogP contribution in [0.25, 0.3) is 0 Å². The largest absolute Gasteiger partial charge is 0.392 e. The molecule has 3 N–H and O–H groups in total. The molecule has 0 bridgehead atoms. The molecule has 0 aromatic heterocycles. The minimum atomic E-state index is -0.666. The lowest BCUT2D eigenvalue weighted by atomic mass is 9.94. The van der Waals surface area contributed by atoms with E-state index < -0.39 is 16.4 Å². The average molecular weight is 314 g/mol. The van der Waals surface area contributed by atoms with E-state index >= 15 is 0 Å². The highest BCUT2D eigenvalue weighted by molar-refractivity contribution is 6.34. The molecule has 1 amide bonds. The van der Waals surface area contributed by atoms with Gasteiger partial charge in [-0.2, -0.15) is 0 Å². The fourth-order valence-electron chi connectivity index (χ4n) is 2.22. The summed E-state index contributed by atoms with van der Waals surface area (Å²) in [6.45, 7) is 4.29. The van der Waals surface area contributed by atoms with E-state index in [4.69, 9.17) is 22.1 Å². The van der Waals surface area contributed by atoms with Crippen molar-refractivity contribution in [2.75, 3.05) is 12.3 Å². The van der Waals surface area contributed by atoms with Gasteiger partial charge in [0.25, 0.3) is 11.6 Å². The first-order valence-corrected chi connectivity index (χ1v) is 6.80.